The number of amides is 3. The molecule has 5 aromatic rings. The third-order valence-corrected chi connectivity index (χ3v) is 11.1. The highest BCUT2D eigenvalue weighted by atomic mass is 32.3. The number of benzene rings is 2. The summed E-state index contributed by atoms with van der Waals surface area (Å²) < 4.78 is 55.7. The number of thiazole rings is 1. The van der Waals surface area contributed by atoms with Crippen LogP contribution in [0.5, 0.6) is 5.75 Å². The van der Waals surface area contributed by atoms with Crippen LogP contribution in [-0.4, -0.2) is 110 Å². The fraction of sp³-hybridized carbons (Fsp3) is 0.357. The molecule has 2 aliphatic rings. The maximum Gasteiger partial charge on any atom is 0.418 e. The summed E-state index contributed by atoms with van der Waals surface area (Å²) in [5.74, 6) is -2.40. The van der Waals surface area contributed by atoms with Gasteiger partial charge in [-0.1, -0.05) is 65.8 Å². The molecule has 20 nitrogen and oxygen atoms in total. The number of hydrogen-bond acceptors (Lipinski definition) is 16. The van der Waals surface area contributed by atoms with Crippen LogP contribution in [0.1, 0.15) is 63.2 Å². The van der Waals surface area contributed by atoms with Crippen LogP contribution in [0.3, 0.4) is 0 Å². The van der Waals surface area contributed by atoms with E-state index in [1.807, 2.05) is 39.1 Å². The highest BCUT2D eigenvalue weighted by Gasteiger charge is 2.58. The minimum absolute atomic E-state index is 0.0599. The predicted octanol–water partition coefficient (Wildman–Crippen LogP) is 4.12. The number of pyridine rings is 1. The van der Waals surface area contributed by atoms with Gasteiger partial charge in [-0.3, -0.25) is 14.1 Å². The number of esters is 1. The van der Waals surface area contributed by atoms with Crippen molar-refractivity contribution in [1.29, 1.82) is 0 Å². The molecule has 2 aromatic carbocycles. The number of hydroxylamine groups is 2. The largest absolute Gasteiger partial charge is 0.487 e. The number of carbonyl (C=O) groups is 4. The number of ether oxygens (including phenoxy) is 3. The summed E-state index contributed by atoms with van der Waals surface area (Å²) >= 11 is 0.977. The number of β-lactam (4-membered cyclic amide) rings is 1. The first-order chi connectivity index (χ1) is 30.2. The van der Waals surface area contributed by atoms with Gasteiger partial charge in [-0.25, -0.2) is 19.6 Å². The van der Waals surface area contributed by atoms with Crippen LogP contribution in [0.2, 0.25) is 0 Å². The molecule has 338 valence electrons. The third kappa shape index (κ3) is 10.8. The number of nitrogens with one attached hydrogen (secondary N) is 1. The summed E-state index contributed by atoms with van der Waals surface area (Å²) in [5.41, 5.74) is 6.02. The van der Waals surface area contributed by atoms with E-state index in [1.54, 1.807) is 76.2 Å². The number of nitrogens with two attached hydrogens (primary N) is 1. The van der Waals surface area contributed by atoms with Gasteiger partial charge in [-0.15, -0.1) is 15.6 Å². The number of fused-ring (bicyclic) bond motifs is 1. The first-order valence-electron chi connectivity index (χ1n) is 19.9. The fourth-order valence-corrected chi connectivity index (χ4v) is 7.91. The van der Waals surface area contributed by atoms with Crippen LogP contribution in [0.4, 0.5) is 9.93 Å². The molecular weight excluding hydrogens is 873 g/mol. The standard InChI is InChI=1S/C42H46N8O12S2/c1-41(2,3)60-40(54)49-19-25(20-49)18-28-21-48-22-29(16-17-32(48)44-28)58-23-31(38(53)59-34(26-12-8-6-9-13-26)27-14-10-7-11-15-27)61-47-33(30-24-63-39(43)45-30)36(51)46-35-37(52)50(42(35,4)5)62-64(55,56)57/h6-17,21-22,24-25,31,34-35H,18-20,23H2,1-5H3,(H2,43,45)(H,46,51)(H,55,56,57)/b47-33-/t31?,35-/m1/s1. The molecule has 22 heteroatoms. The van der Waals surface area contributed by atoms with Crippen molar-refractivity contribution in [1.82, 2.24) is 29.6 Å². The van der Waals surface area contributed by atoms with E-state index in [0.29, 0.717) is 47.1 Å². The van der Waals surface area contributed by atoms with E-state index in [-0.39, 0.29) is 22.8 Å². The Morgan fingerprint density at radius 1 is 1.00 bits per heavy atom. The summed E-state index contributed by atoms with van der Waals surface area (Å²) in [6.07, 6.45) is 1.29. The lowest BCUT2D eigenvalue weighted by Gasteiger charge is -2.50. The van der Waals surface area contributed by atoms with Crippen LogP contribution >= 0.6 is 11.3 Å². The van der Waals surface area contributed by atoms with Gasteiger partial charge in [0.1, 0.15) is 35.3 Å². The molecule has 64 heavy (non-hydrogen) atoms. The van der Waals surface area contributed by atoms with E-state index in [4.69, 9.17) is 34.3 Å². The van der Waals surface area contributed by atoms with Crippen molar-refractivity contribution < 1.29 is 55.5 Å². The molecule has 2 atom stereocenters. The average molecular weight is 919 g/mol. The molecule has 0 saturated carbocycles. The Balaban J connectivity index is 1.12. The van der Waals surface area contributed by atoms with Gasteiger partial charge < -0.3 is 39.4 Å². The number of carbonyl (C=O) groups excluding carboxylic acids is 4. The van der Waals surface area contributed by atoms with Crippen LogP contribution in [0, 0.1) is 5.92 Å². The molecule has 2 saturated heterocycles. The quantitative estimate of drug-likeness (QED) is 0.0414. The van der Waals surface area contributed by atoms with Gasteiger partial charge in [-0.2, -0.15) is 13.5 Å². The van der Waals surface area contributed by atoms with Crippen molar-refractivity contribution in [3.63, 3.8) is 0 Å². The number of anilines is 1. The Hall–Kier alpha value is -6.62. The van der Waals surface area contributed by atoms with Gasteiger partial charge in [0.05, 0.1) is 17.4 Å². The molecule has 0 spiro atoms. The Bertz CT molecular complexity index is 2620. The molecule has 2 fully saturated rings. The molecule has 3 aromatic heterocycles. The minimum Gasteiger partial charge on any atom is -0.487 e. The van der Waals surface area contributed by atoms with Crippen molar-refractivity contribution in [3.05, 3.63) is 113 Å². The molecule has 0 bridgehead atoms. The Kier molecular flexibility index (Phi) is 12.9. The van der Waals surface area contributed by atoms with Gasteiger partial charge in [0, 0.05) is 24.7 Å². The minimum atomic E-state index is -5.06. The Morgan fingerprint density at radius 3 is 2.23 bits per heavy atom. The average Bonchev–Trinajstić information content (AvgIpc) is 3.84. The topological polar surface area (TPSA) is 256 Å². The number of likely N-dealkylation sites (tertiary alicyclic amines) is 1. The van der Waals surface area contributed by atoms with Crippen LogP contribution in [0.15, 0.2) is 95.7 Å². The molecule has 3 amide bonds. The van der Waals surface area contributed by atoms with Crippen molar-refractivity contribution in [2.45, 2.75) is 70.4 Å². The first-order valence-corrected chi connectivity index (χ1v) is 22.1. The summed E-state index contributed by atoms with van der Waals surface area (Å²) in [6.45, 7) is 8.86. The molecule has 0 aliphatic carbocycles. The van der Waals surface area contributed by atoms with Crippen molar-refractivity contribution in [3.8, 4) is 5.75 Å². The molecule has 4 N–H and O–H groups in total. The zero-order chi connectivity index (χ0) is 46.0. The third-order valence-electron chi connectivity index (χ3n) is 10.1. The van der Waals surface area contributed by atoms with E-state index in [1.165, 1.54) is 19.2 Å². The maximum absolute atomic E-state index is 14.2. The summed E-state index contributed by atoms with van der Waals surface area (Å²) in [5, 5.41) is 8.39. The fourth-order valence-electron chi connectivity index (χ4n) is 6.90. The van der Waals surface area contributed by atoms with Crippen molar-refractivity contribution >= 4 is 62.1 Å². The summed E-state index contributed by atoms with van der Waals surface area (Å²) in [6, 6.07) is 20.1. The number of oxime groups is 1. The lowest BCUT2D eigenvalue weighted by molar-refractivity contribution is -0.218. The molecule has 2 aliphatic heterocycles. The van der Waals surface area contributed by atoms with E-state index in [0.717, 1.165) is 17.0 Å². The van der Waals surface area contributed by atoms with E-state index in [2.05, 4.69) is 19.7 Å². The normalized spacial score (nSPS) is 17.1. The van der Waals surface area contributed by atoms with Gasteiger partial charge in [-0.05, 0) is 70.2 Å². The summed E-state index contributed by atoms with van der Waals surface area (Å²) in [7, 11) is -5.06. The Morgan fingerprint density at radius 2 is 1.66 bits per heavy atom. The van der Waals surface area contributed by atoms with Gasteiger partial charge >= 0.3 is 22.5 Å². The number of nitrogen functional groups attached to an aromatic ring is 1. The van der Waals surface area contributed by atoms with Crippen LogP contribution < -0.4 is 15.8 Å². The zero-order valence-corrected chi connectivity index (χ0v) is 36.9. The Labute approximate surface area is 371 Å². The molecular formula is C42H46N8O12S2. The second-order valence-corrected chi connectivity index (χ2v) is 18.5. The zero-order valence-electron chi connectivity index (χ0n) is 35.3. The van der Waals surface area contributed by atoms with Gasteiger partial charge in [0.15, 0.2) is 16.9 Å². The highest BCUT2D eigenvalue weighted by molar-refractivity contribution is 7.80. The monoisotopic (exact) mass is 918 g/mol. The van der Waals surface area contributed by atoms with E-state index in [9.17, 15) is 27.6 Å². The number of nitrogens with zero attached hydrogens (tertiary/aromatic N) is 6. The van der Waals surface area contributed by atoms with Gasteiger partial charge in [0.25, 0.3) is 17.9 Å². The van der Waals surface area contributed by atoms with Gasteiger partial charge in [0.2, 0.25) is 0 Å². The lowest BCUT2D eigenvalue weighted by Crippen LogP contribution is -2.76. The molecule has 7 rings (SSSR count). The number of imidazole rings is 1. The van der Waals surface area contributed by atoms with Crippen molar-refractivity contribution in [2.24, 2.45) is 11.1 Å². The van der Waals surface area contributed by atoms with E-state index >= 15 is 0 Å². The molecule has 1 unspecified atom stereocenters. The second kappa shape index (κ2) is 18.2. The number of hydrogen-bond donors (Lipinski definition) is 3. The highest BCUT2D eigenvalue weighted by Crippen LogP contribution is 2.33. The number of rotatable bonds is 16. The SMILES string of the molecule is CC(C)(C)OC(=O)N1CC(Cc2cn3cc(OCC(O/N=C(\C(=O)N[C@@H]4C(=O)N(OS(=O)(=O)O)C4(C)C)c4csc(N)n4)C(=O)OC(c4ccccc4)c4ccccc4)ccc3n2)C1. The van der Waals surface area contributed by atoms with E-state index < -0.39 is 69.9 Å². The maximum atomic E-state index is 14.2. The summed E-state index contributed by atoms with van der Waals surface area (Å²) in [4.78, 5) is 69.7. The van der Waals surface area contributed by atoms with Crippen LogP contribution in [0.25, 0.3) is 5.65 Å². The predicted molar refractivity (Wildman–Crippen MR) is 230 cm³/mol. The smallest absolute Gasteiger partial charge is 0.418 e. The lowest BCUT2D eigenvalue weighted by atomic mass is 9.84. The van der Waals surface area contributed by atoms with Crippen molar-refractivity contribution in [2.75, 3.05) is 25.4 Å². The number of aromatic nitrogens is 3. The first kappa shape index (κ1) is 45.4. The van der Waals surface area contributed by atoms with Crippen LogP contribution in [-0.2, 0) is 49.8 Å². The molecule has 5 heterocycles. The second-order valence-electron chi connectivity index (χ2n) is 16.6. The molecule has 0 radical (unpaired) electrons.